The topological polar surface area (TPSA) is 76.0 Å². The van der Waals surface area contributed by atoms with Crippen molar-refractivity contribution >= 4 is 17.8 Å². The van der Waals surface area contributed by atoms with Gasteiger partial charge < -0.3 is 9.88 Å². The molecule has 6 rings (SSSR count). The number of carbonyl (C=O) groups excluding carboxylic acids is 2. The van der Waals surface area contributed by atoms with Crippen LogP contribution in [0.25, 0.3) is 11.3 Å². The molecule has 4 aliphatic carbocycles. The molecule has 2 amide bonds. The Labute approximate surface area is 183 Å². The van der Waals surface area contributed by atoms with Gasteiger partial charge in [-0.25, -0.2) is 4.98 Å². The third kappa shape index (κ3) is 4.25. The number of aromatic nitrogens is 2. The smallest absolute Gasteiger partial charge is 0.226 e. The van der Waals surface area contributed by atoms with Crippen LogP contribution >= 0.6 is 0 Å². The summed E-state index contributed by atoms with van der Waals surface area (Å²) in [6, 6.07) is 9.97. The molecular weight excluding hydrogens is 388 g/mol. The van der Waals surface area contributed by atoms with Crippen LogP contribution in [0.2, 0.25) is 0 Å². The van der Waals surface area contributed by atoms with Crippen LogP contribution in [-0.2, 0) is 16.6 Å². The van der Waals surface area contributed by atoms with Crippen molar-refractivity contribution in [3.8, 4) is 11.3 Å². The molecule has 1 aromatic heterocycles. The maximum Gasteiger partial charge on any atom is 0.226 e. The fraction of sp³-hybridized carbons (Fsp3) is 0.560. The molecule has 0 saturated heterocycles. The maximum absolute atomic E-state index is 12.6. The van der Waals surface area contributed by atoms with Crippen LogP contribution in [0.15, 0.2) is 36.5 Å². The van der Waals surface area contributed by atoms with Gasteiger partial charge in [0.15, 0.2) is 0 Å². The fourth-order valence-corrected chi connectivity index (χ4v) is 6.62. The second-order valence-corrected chi connectivity index (χ2v) is 10.0. The summed E-state index contributed by atoms with van der Waals surface area (Å²) >= 11 is 0. The van der Waals surface area contributed by atoms with Gasteiger partial charge in [0.2, 0.25) is 17.8 Å². The van der Waals surface area contributed by atoms with Crippen molar-refractivity contribution in [2.24, 2.45) is 24.8 Å². The molecular formula is C25H32N4O2. The standard InChI is InChI=1S/C25H32N4O2/c1-29-21(20-6-3-2-4-7-20)16-26-24(29)27-22(30)8-5-9-23(31)28-25-13-17-10-18(14-25)12-19(11-17)15-25/h2-4,6-7,16-19H,5,8-15H2,1H3,(H,28,31)(H,26,27,30). The molecule has 2 N–H and O–H groups in total. The summed E-state index contributed by atoms with van der Waals surface area (Å²) in [6.45, 7) is 0. The number of hydrogen-bond donors (Lipinski definition) is 2. The molecule has 0 atom stereocenters. The number of amides is 2. The Balaban J connectivity index is 1.09. The molecule has 6 heteroatoms. The molecule has 1 aromatic carbocycles. The lowest BCUT2D eigenvalue weighted by molar-refractivity contribution is -0.127. The Kier molecular flexibility index (Phi) is 5.32. The summed E-state index contributed by atoms with van der Waals surface area (Å²) in [5.41, 5.74) is 2.06. The number of imidazole rings is 1. The zero-order valence-corrected chi connectivity index (χ0v) is 18.3. The van der Waals surface area contributed by atoms with Crippen molar-refractivity contribution in [1.29, 1.82) is 0 Å². The molecule has 4 saturated carbocycles. The number of benzene rings is 1. The molecule has 6 nitrogen and oxygen atoms in total. The third-order valence-corrected chi connectivity index (χ3v) is 7.56. The van der Waals surface area contributed by atoms with Crippen LogP contribution < -0.4 is 10.6 Å². The zero-order chi connectivity index (χ0) is 21.4. The van der Waals surface area contributed by atoms with Gasteiger partial charge in [-0.15, -0.1) is 0 Å². The van der Waals surface area contributed by atoms with Crippen LogP contribution in [0.1, 0.15) is 57.8 Å². The van der Waals surface area contributed by atoms with Crippen LogP contribution in [-0.4, -0.2) is 26.9 Å². The first-order valence-corrected chi connectivity index (χ1v) is 11.7. The SMILES string of the molecule is Cn1c(-c2ccccc2)cnc1NC(=O)CCCC(=O)NC12CC3CC(CC(C3)C1)C2. The minimum atomic E-state index is -0.101. The van der Waals surface area contributed by atoms with Gasteiger partial charge in [0.05, 0.1) is 11.9 Å². The van der Waals surface area contributed by atoms with Gasteiger partial charge >= 0.3 is 0 Å². The molecule has 4 bridgehead atoms. The van der Waals surface area contributed by atoms with Gasteiger partial charge in [-0.2, -0.15) is 0 Å². The molecule has 0 aliphatic heterocycles. The van der Waals surface area contributed by atoms with E-state index in [1.165, 1.54) is 19.3 Å². The quantitative estimate of drug-likeness (QED) is 0.702. The minimum Gasteiger partial charge on any atom is -0.351 e. The van der Waals surface area contributed by atoms with Gasteiger partial charge in [-0.3, -0.25) is 14.9 Å². The molecule has 0 radical (unpaired) electrons. The monoisotopic (exact) mass is 420 g/mol. The predicted octanol–water partition coefficient (Wildman–Crippen LogP) is 4.28. The van der Waals surface area contributed by atoms with Crippen LogP contribution in [0.3, 0.4) is 0 Å². The van der Waals surface area contributed by atoms with Gasteiger partial charge in [-0.1, -0.05) is 30.3 Å². The maximum atomic E-state index is 12.6. The first kappa shape index (κ1) is 20.3. The van der Waals surface area contributed by atoms with Gasteiger partial charge in [0.1, 0.15) is 0 Å². The van der Waals surface area contributed by atoms with Gasteiger partial charge in [0, 0.05) is 25.4 Å². The second-order valence-electron chi connectivity index (χ2n) is 10.0. The van der Waals surface area contributed by atoms with E-state index >= 15 is 0 Å². The summed E-state index contributed by atoms with van der Waals surface area (Å²) in [5, 5.41) is 6.27. The number of nitrogens with zero attached hydrogens (tertiary/aromatic N) is 2. The Morgan fingerprint density at radius 1 is 1.00 bits per heavy atom. The lowest BCUT2D eigenvalue weighted by Crippen LogP contribution is -2.59. The highest BCUT2D eigenvalue weighted by Crippen LogP contribution is 2.55. The van der Waals surface area contributed by atoms with Crippen LogP contribution in [0, 0.1) is 17.8 Å². The lowest BCUT2D eigenvalue weighted by atomic mass is 9.53. The van der Waals surface area contributed by atoms with Crippen molar-refractivity contribution < 1.29 is 9.59 Å². The molecule has 2 aromatic rings. The summed E-state index contributed by atoms with van der Waals surface area (Å²) in [7, 11) is 1.89. The minimum absolute atomic E-state index is 0.0505. The average molecular weight is 421 g/mol. The van der Waals surface area contributed by atoms with E-state index in [0.717, 1.165) is 48.3 Å². The number of rotatable bonds is 7. The van der Waals surface area contributed by atoms with E-state index in [4.69, 9.17) is 0 Å². The number of anilines is 1. The van der Waals surface area contributed by atoms with Crippen molar-refractivity contribution in [2.45, 2.75) is 63.3 Å². The van der Waals surface area contributed by atoms with Crippen LogP contribution in [0.4, 0.5) is 5.95 Å². The first-order chi connectivity index (χ1) is 15.0. The number of carbonyl (C=O) groups is 2. The van der Waals surface area contributed by atoms with E-state index in [1.54, 1.807) is 6.20 Å². The van der Waals surface area contributed by atoms with E-state index < -0.39 is 0 Å². The Hall–Kier alpha value is -2.63. The number of hydrogen-bond acceptors (Lipinski definition) is 3. The lowest BCUT2D eigenvalue weighted by Gasteiger charge is -2.56. The molecule has 4 aliphatic rings. The van der Waals surface area contributed by atoms with Gasteiger partial charge in [0.25, 0.3) is 0 Å². The highest BCUT2D eigenvalue weighted by Gasteiger charge is 2.51. The van der Waals surface area contributed by atoms with E-state index in [-0.39, 0.29) is 17.4 Å². The van der Waals surface area contributed by atoms with E-state index in [1.807, 2.05) is 41.9 Å². The van der Waals surface area contributed by atoms with E-state index in [9.17, 15) is 9.59 Å². The van der Waals surface area contributed by atoms with Crippen molar-refractivity contribution in [3.05, 3.63) is 36.5 Å². The second kappa shape index (κ2) is 8.13. The largest absolute Gasteiger partial charge is 0.351 e. The van der Waals surface area contributed by atoms with Crippen molar-refractivity contribution in [2.75, 3.05) is 5.32 Å². The summed E-state index contributed by atoms with van der Waals surface area (Å²) < 4.78 is 1.88. The Morgan fingerprint density at radius 2 is 1.61 bits per heavy atom. The van der Waals surface area contributed by atoms with Crippen molar-refractivity contribution in [1.82, 2.24) is 14.9 Å². The highest BCUT2D eigenvalue weighted by atomic mass is 16.2. The fourth-order valence-electron chi connectivity index (χ4n) is 6.62. The summed E-state index contributed by atoms with van der Waals surface area (Å²) in [5.74, 6) is 2.98. The molecule has 0 spiro atoms. The molecule has 164 valence electrons. The number of nitrogens with one attached hydrogen (secondary N) is 2. The average Bonchev–Trinajstić information content (AvgIpc) is 3.07. The molecule has 1 heterocycles. The Morgan fingerprint density at radius 3 is 2.26 bits per heavy atom. The zero-order valence-electron chi connectivity index (χ0n) is 18.3. The molecule has 31 heavy (non-hydrogen) atoms. The summed E-state index contributed by atoms with van der Waals surface area (Å²) in [6.07, 6.45) is 10.6. The molecule has 4 fully saturated rings. The Bertz CT molecular complexity index is 930. The highest BCUT2D eigenvalue weighted by molar-refractivity contribution is 5.90. The third-order valence-electron chi connectivity index (χ3n) is 7.56. The normalized spacial score (nSPS) is 28.5. The van der Waals surface area contributed by atoms with Crippen LogP contribution in [0.5, 0.6) is 0 Å². The summed E-state index contributed by atoms with van der Waals surface area (Å²) in [4.78, 5) is 29.4. The first-order valence-electron chi connectivity index (χ1n) is 11.7. The van der Waals surface area contributed by atoms with E-state index in [0.29, 0.717) is 25.2 Å². The van der Waals surface area contributed by atoms with Crippen molar-refractivity contribution in [3.63, 3.8) is 0 Å². The van der Waals surface area contributed by atoms with Gasteiger partial charge in [-0.05, 0) is 68.3 Å². The van der Waals surface area contributed by atoms with E-state index in [2.05, 4.69) is 15.6 Å². The molecule has 0 unspecified atom stereocenters. The predicted molar refractivity (Wildman–Crippen MR) is 120 cm³/mol.